The average Bonchev–Trinajstić information content (AvgIpc) is 3.00. The van der Waals surface area contributed by atoms with E-state index in [4.69, 9.17) is 0 Å². The number of nitrogens with one attached hydrogen (secondary N) is 1. The fraction of sp³-hybridized carbons (Fsp3) is 0.375. The fourth-order valence-corrected chi connectivity index (χ4v) is 4.01. The number of rotatable bonds is 7. The van der Waals surface area contributed by atoms with E-state index < -0.39 is 10.0 Å². The smallest absolute Gasteiger partial charge is 0.243 e. The van der Waals surface area contributed by atoms with Crippen LogP contribution in [0.15, 0.2) is 46.7 Å². The molecule has 0 saturated carbocycles. The first-order valence-corrected chi connectivity index (χ1v) is 9.53. The number of sulfonamides is 1. The molecule has 0 aliphatic heterocycles. The number of hydrogen-bond donors (Lipinski definition) is 1. The van der Waals surface area contributed by atoms with E-state index in [1.807, 2.05) is 32.0 Å². The lowest BCUT2D eigenvalue weighted by Gasteiger charge is -2.21. The minimum atomic E-state index is -3.40. The molecule has 1 N–H and O–H groups in total. The Kier molecular flexibility index (Phi) is 5.74. The van der Waals surface area contributed by atoms with Crippen molar-refractivity contribution >= 4 is 21.4 Å². The number of nitrogens with zero attached hydrogens (tertiary/aromatic N) is 1. The zero-order valence-corrected chi connectivity index (χ0v) is 14.7. The Hall–Kier alpha value is -1.21. The van der Waals surface area contributed by atoms with Gasteiger partial charge in [-0.25, -0.2) is 8.42 Å². The van der Waals surface area contributed by atoms with Crippen molar-refractivity contribution in [1.29, 1.82) is 0 Å². The molecule has 6 heteroatoms. The van der Waals surface area contributed by atoms with Crippen molar-refractivity contribution in [3.63, 3.8) is 0 Å². The Labute approximate surface area is 136 Å². The van der Waals surface area contributed by atoms with Gasteiger partial charge in [0.15, 0.2) is 0 Å². The summed E-state index contributed by atoms with van der Waals surface area (Å²) >= 11 is 1.72. The van der Waals surface area contributed by atoms with E-state index in [0.717, 1.165) is 18.7 Å². The molecule has 0 aliphatic carbocycles. The summed E-state index contributed by atoms with van der Waals surface area (Å²) in [5.74, 6) is 0. The monoisotopic (exact) mass is 338 g/mol. The highest BCUT2D eigenvalue weighted by Gasteiger charge is 2.22. The fourth-order valence-electron chi connectivity index (χ4n) is 1.97. The van der Waals surface area contributed by atoms with E-state index in [-0.39, 0.29) is 6.04 Å². The first-order valence-electron chi connectivity index (χ1n) is 7.21. The highest BCUT2D eigenvalue weighted by Crippen LogP contribution is 2.17. The first-order chi connectivity index (χ1) is 10.4. The molecule has 1 aromatic carbocycles. The highest BCUT2D eigenvalue weighted by molar-refractivity contribution is 7.89. The zero-order chi connectivity index (χ0) is 16.2. The first kappa shape index (κ1) is 17.1. The largest absolute Gasteiger partial charge is 0.308 e. The molecule has 0 atom stereocenters. The van der Waals surface area contributed by atoms with E-state index >= 15 is 0 Å². The van der Waals surface area contributed by atoms with Gasteiger partial charge in [0, 0.05) is 31.1 Å². The predicted octanol–water partition coefficient (Wildman–Crippen LogP) is 3.07. The van der Waals surface area contributed by atoms with Gasteiger partial charge in [-0.05, 0) is 43.0 Å². The summed E-state index contributed by atoms with van der Waals surface area (Å²) < 4.78 is 26.1. The number of hydrogen-bond acceptors (Lipinski definition) is 4. The van der Waals surface area contributed by atoms with Crippen LogP contribution >= 0.6 is 11.3 Å². The van der Waals surface area contributed by atoms with Gasteiger partial charge in [-0.3, -0.25) is 0 Å². The third-order valence-corrected chi connectivity index (χ3v) is 6.46. The molecule has 0 fully saturated rings. The predicted molar refractivity (Wildman–Crippen MR) is 91.4 cm³/mol. The molecule has 0 unspecified atom stereocenters. The van der Waals surface area contributed by atoms with Crippen molar-refractivity contribution in [3.8, 4) is 0 Å². The average molecular weight is 338 g/mol. The second kappa shape index (κ2) is 7.37. The van der Waals surface area contributed by atoms with Gasteiger partial charge in [-0.1, -0.05) is 18.2 Å². The highest BCUT2D eigenvalue weighted by atomic mass is 32.2. The Morgan fingerprint density at radius 3 is 2.36 bits per heavy atom. The van der Waals surface area contributed by atoms with Crippen molar-refractivity contribution < 1.29 is 8.42 Å². The number of thiophene rings is 1. The van der Waals surface area contributed by atoms with Crippen LogP contribution in [0.4, 0.5) is 0 Å². The van der Waals surface area contributed by atoms with Gasteiger partial charge in [0.1, 0.15) is 0 Å². The summed E-state index contributed by atoms with van der Waals surface area (Å²) in [7, 11) is -1.79. The Morgan fingerprint density at radius 1 is 1.14 bits per heavy atom. The molecule has 0 amide bonds. The summed E-state index contributed by atoms with van der Waals surface area (Å²) in [5, 5.41) is 5.41. The van der Waals surface area contributed by atoms with Crippen LogP contribution in [-0.4, -0.2) is 25.8 Å². The molecule has 0 bridgehead atoms. The van der Waals surface area contributed by atoms with Gasteiger partial charge >= 0.3 is 0 Å². The van der Waals surface area contributed by atoms with Crippen LogP contribution in [0.2, 0.25) is 0 Å². The van der Waals surface area contributed by atoms with Crippen LogP contribution < -0.4 is 5.32 Å². The lowest BCUT2D eigenvalue weighted by Crippen LogP contribution is -2.33. The normalized spacial score (nSPS) is 12.2. The van der Waals surface area contributed by atoms with E-state index in [2.05, 4.69) is 16.8 Å². The molecule has 1 heterocycles. The molecule has 2 aromatic rings. The maximum absolute atomic E-state index is 12.4. The lowest BCUT2D eigenvalue weighted by atomic mass is 10.2. The van der Waals surface area contributed by atoms with Crippen LogP contribution in [-0.2, 0) is 23.1 Å². The van der Waals surface area contributed by atoms with Crippen LogP contribution in [0.5, 0.6) is 0 Å². The van der Waals surface area contributed by atoms with Crippen LogP contribution in [0.3, 0.4) is 0 Å². The van der Waals surface area contributed by atoms with E-state index in [9.17, 15) is 8.42 Å². The van der Waals surface area contributed by atoms with Crippen molar-refractivity contribution in [3.05, 3.63) is 52.2 Å². The maximum Gasteiger partial charge on any atom is 0.243 e. The molecule has 120 valence electrons. The quantitative estimate of drug-likeness (QED) is 0.844. The van der Waals surface area contributed by atoms with E-state index in [0.29, 0.717) is 4.90 Å². The van der Waals surface area contributed by atoms with Gasteiger partial charge < -0.3 is 5.32 Å². The second-order valence-corrected chi connectivity index (χ2v) is 8.47. The summed E-state index contributed by atoms with van der Waals surface area (Å²) in [6.45, 7) is 5.27. The van der Waals surface area contributed by atoms with Gasteiger partial charge in [0.25, 0.3) is 0 Å². The SMILES string of the molecule is CC(C)N(C)S(=O)(=O)c1ccc(CNCc2cccs2)cc1. The third kappa shape index (κ3) is 4.16. The molecule has 4 nitrogen and oxygen atoms in total. The molecular formula is C16H22N2O2S2. The van der Waals surface area contributed by atoms with Crippen molar-refractivity contribution in [1.82, 2.24) is 9.62 Å². The van der Waals surface area contributed by atoms with Gasteiger partial charge in [-0.15, -0.1) is 11.3 Å². The molecular weight excluding hydrogens is 316 g/mol. The molecule has 0 radical (unpaired) electrons. The maximum atomic E-state index is 12.4. The Balaban J connectivity index is 1.98. The Bertz CT molecular complexity index is 677. The Morgan fingerprint density at radius 2 is 1.82 bits per heavy atom. The van der Waals surface area contributed by atoms with Crippen molar-refractivity contribution in [2.45, 2.75) is 37.9 Å². The molecule has 0 saturated heterocycles. The van der Waals surface area contributed by atoms with E-state index in [1.165, 1.54) is 9.18 Å². The van der Waals surface area contributed by atoms with Gasteiger partial charge in [0.05, 0.1) is 4.90 Å². The second-order valence-electron chi connectivity index (χ2n) is 5.44. The van der Waals surface area contributed by atoms with E-state index in [1.54, 1.807) is 30.5 Å². The van der Waals surface area contributed by atoms with Gasteiger partial charge in [-0.2, -0.15) is 4.31 Å². The molecule has 0 spiro atoms. The number of benzene rings is 1. The zero-order valence-electron chi connectivity index (χ0n) is 13.1. The van der Waals surface area contributed by atoms with Crippen LogP contribution in [0, 0.1) is 0 Å². The minimum absolute atomic E-state index is 0.0582. The minimum Gasteiger partial charge on any atom is -0.308 e. The topological polar surface area (TPSA) is 49.4 Å². The summed E-state index contributed by atoms with van der Waals surface area (Å²) in [6, 6.07) is 11.1. The molecule has 2 rings (SSSR count). The van der Waals surface area contributed by atoms with Crippen molar-refractivity contribution in [2.24, 2.45) is 0 Å². The van der Waals surface area contributed by atoms with Crippen LogP contribution in [0.1, 0.15) is 24.3 Å². The molecule has 1 aromatic heterocycles. The standard InChI is InChI=1S/C16H22N2O2S2/c1-13(2)18(3)22(19,20)16-8-6-14(7-9-16)11-17-12-15-5-4-10-21-15/h4-10,13,17H,11-12H2,1-3H3. The molecule has 0 aliphatic rings. The third-order valence-electron chi connectivity index (χ3n) is 3.54. The summed E-state index contributed by atoms with van der Waals surface area (Å²) in [6.07, 6.45) is 0. The van der Waals surface area contributed by atoms with Crippen molar-refractivity contribution in [2.75, 3.05) is 7.05 Å². The summed E-state index contributed by atoms with van der Waals surface area (Å²) in [5.41, 5.74) is 1.07. The lowest BCUT2D eigenvalue weighted by molar-refractivity contribution is 0.410. The van der Waals surface area contributed by atoms with Crippen LogP contribution in [0.25, 0.3) is 0 Å². The molecule has 22 heavy (non-hydrogen) atoms. The summed E-state index contributed by atoms with van der Waals surface area (Å²) in [4.78, 5) is 1.63. The van der Waals surface area contributed by atoms with Gasteiger partial charge in [0.2, 0.25) is 10.0 Å².